The van der Waals surface area contributed by atoms with Gasteiger partial charge in [-0.1, -0.05) is 87.2 Å². The molecule has 7 heteroatoms. The molecule has 67 heavy (non-hydrogen) atoms. The Hall–Kier alpha value is -5.66. The second-order valence-corrected chi connectivity index (χ2v) is 31.2. The molecule has 0 aliphatic carbocycles. The SMILES string of the molecule is CC(C)(C)Cc1cc(-c2[c-]cccc2)nc[c]1[Ge]([CH3])([CH3])[CH3].Cc1ccc2c(n1)oc1c(-c3nc4ccccc4n3-c3c(C(C)C)cc(-c4ccc5ccccc5c4)cc3C(C)C)[c-]ccc12.[Ir]. The number of aryl methyl sites for hydroxylation is 1. The molecule has 6 aromatic carbocycles. The van der Waals surface area contributed by atoms with Crippen molar-refractivity contribution in [1.29, 1.82) is 0 Å². The van der Waals surface area contributed by atoms with Crippen LogP contribution in [-0.2, 0) is 26.5 Å². The number of rotatable bonds is 8. The Labute approximate surface area is 412 Å². The molecule has 0 saturated heterocycles. The molecule has 0 saturated carbocycles. The smallest absolute Gasteiger partial charge is 0.216 e. The largest absolute Gasteiger partial charge is 0.486 e. The first kappa shape index (κ1) is 47.8. The normalized spacial score (nSPS) is 12.0. The third kappa shape index (κ3) is 9.86. The summed E-state index contributed by atoms with van der Waals surface area (Å²) >= 11 is -1.90. The van der Waals surface area contributed by atoms with Gasteiger partial charge in [0.2, 0.25) is 5.71 Å². The van der Waals surface area contributed by atoms with Crippen molar-refractivity contribution in [1.82, 2.24) is 19.5 Å². The van der Waals surface area contributed by atoms with Crippen LogP contribution in [0, 0.1) is 24.5 Å². The molecule has 0 spiro atoms. The maximum absolute atomic E-state index is 6.48. The number of aromatic nitrogens is 4. The second kappa shape index (κ2) is 19.1. The zero-order valence-corrected chi connectivity index (χ0v) is 45.2. The predicted octanol–water partition coefficient (Wildman–Crippen LogP) is 15.8. The summed E-state index contributed by atoms with van der Waals surface area (Å²) in [7, 11) is 0. The summed E-state index contributed by atoms with van der Waals surface area (Å²) in [5.74, 6) is 8.68. The molecule has 0 aliphatic heterocycles. The van der Waals surface area contributed by atoms with Crippen molar-refractivity contribution in [2.45, 2.75) is 90.9 Å². The van der Waals surface area contributed by atoms with Gasteiger partial charge in [0.05, 0.1) is 22.4 Å². The molecule has 4 heterocycles. The number of fused-ring (bicyclic) bond motifs is 5. The van der Waals surface area contributed by atoms with Gasteiger partial charge in [0, 0.05) is 36.9 Å². The van der Waals surface area contributed by atoms with E-state index < -0.39 is 13.3 Å². The third-order valence-electron chi connectivity index (χ3n) is 12.4. The zero-order valence-electron chi connectivity index (χ0n) is 40.7. The molecule has 1 radical (unpaired) electrons. The van der Waals surface area contributed by atoms with Crippen LogP contribution in [0.4, 0.5) is 0 Å². The van der Waals surface area contributed by atoms with Crippen LogP contribution in [0.1, 0.15) is 82.7 Å². The number of hydrogen-bond donors (Lipinski definition) is 0. The average molecular weight is 1120 g/mol. The van der Waals surface area contributed by atoms with Crippen molar-refractivity contribution in [2.75, 3.05) is 0 Å². The maximum Gasteiger partial charge on any atom is 0.216 e. The van der Waals surface area contributed by atoms with Crippen LogP contribution in [0.15, 0.2) is 144 Å². The van der Waals surface area contributed by atoms with E-state index >= 15 is 0 Å². The molecule has 10 aromatic rings. The average Bonchev–Trinajstić information content (AvgIpc) is 3.86. The Bertz CT molecular complexity index is 3360. The van der Waals surface area contributed by atoms with Gasteiger partial charge in [-0.05, 0) is 94.3 Å². The summed E-state index contributed by atoms with van der Waals surface area (Å²) in [6.45, 7) is 18.0. The van der Waals surface area contributed by atoms with Crippen LogP contribution in [0.25, 0.3) is 83.3 Å². The summed E-state index contributed by atoms with van der Waals surface area (Å²) in [5, 5.41) is 4.52. The van der Waals surface area contributed by atoms with Gasteiger partial charge in [0.1, 0.15) is 0 Å². The molecule has 0 fully saturated rings. The Morgan fingerprint density at radius 2 is 1.39 bits per heavy atom. The van der Waals surface area contributed by atoms with Crippen molar-refractivity contribution in [3.05, 3.63) is 174 Å². The van der Waals surface area contributed by atoms with Crippen molar-refractivity contribution < 1.29 is 24.5 Å². The van der Waals surface area contributed by atoms with Crippen molar-refractivity contribution in [3.8, 4) is 39.5 Å². The first-order valence-electron chi connectivity index (χ1n) is 23.4. The van der Waals surface area contributed by atoms with Crippen LogP contribution in [-0.4, -0.2) is 32.8 Å². The Morgan fingerprint density at radius 1 is 0.687 bits per heavy atom. The number of nitrogens with zero attached hydrogens (tertiary/aromatic N) is 4. The van der Waals surface area contributed by atoms with E-state index in [1.54, 1.807) is 0 Å². The first-order chi connectivity index (χ1) is 31.5. The maximum atomic E-state index is 6.48. The molecule has 341 valence electrons. The molecule has 0 aliphatic rings. The summed E-state index contributed by atoms with van der Waals surface area (Å²) in [6, 6.07) is 53.9. The van der Waals surface area contributed by atoms with Gasteiger partial charge < -0.3 is 8.98 Å². The summed E-state index contributed by atoms with van der Waals surface area (Å²) in [5.41, 5.74) is 15.3. The Balaban J connectivity index is 0.000000234. The minimum Gasteiger partial charge on any atom is -0.486 e. The van der Waals surface area contributed by atoms with Gasteiger partial charge in [-0.25, -0.2) is 4.98 Å². The minimum atomic E-state index is -1.90. The summed E-state index contributed by atoms with van der Waals surface area (Å²) < 4.78 is 10.4. The molecule has 4 aromatic heterocycles. The molecule has 0 N–H and O–H groups in total. The quantitative estimate of drug-likeness (QED) is 0.112. The van der Waals surface area contributed by atoms with Crippen LogP contribution >= 0.6 is 0 Å². The van der Waals surface area contributed by atoms with Gasteiger partial charge in [0.15, 0.2) is 0 Å². The predicted molar refractivity (Wildman–Crippen MR) is 281 cm³/mol. The first-order valence-corrected chi connectivity index (χ1v) is 30.7. The molecular weight excluding hydrogens is 1060 g/mol. The number of pyridine rings is 2. The molecule has 0 atom stereocenters. The second-order valence-electron chi connectivity index (χ2n) is 20.6. The van der Waals surface area contributed by atoms with E-state index in [1.807, 2.05) is 37.3 Å². The molecule has 0 bridgehead atoms. The number of furan rings is 1. The van der Waals surface area contributed by atoms with Gasteiger partial charge in [-0.2, -0.15) is 0 Å². The standard InChI is InChI=1S/C41H34N3O.C19H26GeN.Ir/c1-24(2)34-22-30(29-19-18-27-11-6-7-12-28(27)21-29)23-35(25(3)4)38(34)44-37-16-9-8-15-36(37)43-40(44)33-14-10-13-31-32-20-17-26(5)42-41(32)45-39(31)33;1-19(2,3)13-16-12-18(15-10-8-7-9-11-15)21-14-17(16)20(4,5)6;/h6-13,15-25H,1-5H3;7-10,12,14H,13H2,1-6H3;/q2*-1;. The fourth-order valence-electron chi connectivity index (χ4n) is 9.24. The van der Waals surface area contributed by atoms with E-state index in [4.69, 9.17) is 19.4 Å². The fourth-order valence-corrected chi connectivity index (χ4v) is 12.6. The van der Waals surface area contributed by atoms with Gasteiger partial charge in [-0.3, -0.25) is 4.98 Å². The van der Waals surface area contributed by atoms with Gasteiger partial charge in [0.25, 0.3) is 0 Å². The molecule has 0 amide bonds. The van der Waals surface area contributed by atoms with E-state index in [9.17, 15) is 0 Å². The van der Waals surface area contributed by atoms with E-state index in [-0.39, 0.29) is 31.9 Å². The molecule has 0 unspecified atom stereocenters. The zero-order chi connectivity index (χ0) is 46.5. The molecular formula is C60H60GeIrN4O-2. The minimum absolute atomic E-state index is 0. The van der Waals surface area contributed by atoms with E-state index in [1.165, 1.54) is 48.7 Å². The Morgan fingerprint density at radius 3 is 2.07 bits per heavy atom. The molecule has 5 nitrogen and oxygen atoms in total. The van der Waals surface area contributed by atoms with Crippen LogP contribution in [0.2, 0.25) is 17.3 Å². The van der Waals surface area contributed by atoms with Crippen LogP contribution < -0.4 is 4.40 Å². The van der Waals surface area contributed by atoms with E-state index in [0.717, 1.165) is 62.1 Å². The topological polar surface area (TPSA) is 56.7 Å². The molecule has 10 rings (SSSR count). The number of para-hydroxylation sites is 2. The van der Waals surface area contributed by atoms with Crippen LogP contribution in [0.5, 0.6) is 0 Å². The summed E-state index contributed by atoms with van der Waals surface area (Å²) in [4.78, 5) is 14.7. The van der Waals surface area contributed by atoms with Crippen molar-refractivity contribution in [2.24, 2.45) is 5.41 Å². The van der Waals surface area contributed by atoms with Crippen LogP contribution in [0.3, 0.4) is 0 Å². The van der Waals surface area contributed by atoms with Gasteiger partial charge in [-0.15, -0.1) is 18.2 Å². The number of hydrogen-bond acceptors (Lipinski definition) is 4. The third-order valence-corrected chi connectivity index (χ3v) is 16.8. The van der Waals surface area contributed by atoms with Crippen molar-refractivity contribution in [3.63, 3.8) is 0 Å². The summed E-state index contributed by atoms with van der Waals surface area (Å²) in [6.07, 6.45) is 3.24. The van der Waals surface area contributed by atoms with E-state index in [2.05, 4.69) is 192 Å². The van der Waals surface area contributed by atoms with Gasteiger partial charge >= 0.3 is 132 Å². The fraction of sp³-hybridized carbons (Fsp3) is 0.250. The number of benzene rings is 6. The Kier molecular flexibility index (Phi) is 13.7. The number of imidazole rings is 1. The van der Waals surface area contributed by atoms with E-state index in [0.29, 0.717) is 11.1 Å². The monoisotopic (exact) mass is 1120 g/mol. The van der Waals surface area contributed by atoms with Crippen molar-refractivity contribution >= 4 is 61.5 Å².